The van der Waals surface area contributed by atoms with Gasteiger partial charge >= 0.3 is 0 Å². The zero-order valence-electron chi connectivity index (χ0n) is 8.96. The largest absolute Gasteiger partial charge is 0.491 e. The van der Waals surface area contributed by atoms with Crippen molar-refractivity contribution in [1.29, 1.82) is 0 Å². The molecule has 0 saturated carbocycles. The van der Waals surface area contributed by atoms with Crippen molar-refractivity contribution in [1.82, 2.24) is 5.32 Å². The van der Waals surface area contributed by atoms with Gasteiger partial charge in [-0.25, -0.2) is 0 Å². The van der Waals surface area contributed by atoms with E-state index in [1.165, 1.54) is 0 Å². The molecule has 0 bridgehead atoms. The molecule has 2 N–H and O–H groups in total. The minimum atomic E-state index is -0.443. The molecule has 0 spiro atoms. The van der Waals surface area contributed by atoms with E-state index in [1.807, 2.05) is 25.2 Å². The lowest BCUT2D eigenvalue weighted by Crippen LogP contribution is -2.13. The van der Waals surface area contributed by atoms with Crippen LogP contribution in [0, 0.1) is 0 Å². The molecule has 0 aliphatic carbocycles. The zero-order chi connectivity index (χ0) is 11.3. The van der Waals surface area contributed by atoms with Gasteiger partial charge in [-0.3, -0.25) is 0 Å². The molecule has 84 valence electrons. The highest BCUT2D eigenvalue weighted by atomic mass is 79.9. The minimum Gasteiger partial charge on any atom is -0.491 e. The third kappa shape index (κ3) is 4.20. The van der Waals surface area contributed by atoms with E-state index in [1.54, 1.807) is 6.92 Å². The van der Waals surface area contributed by atoms with E-state index in [9.17, 15) is 0 Å². The molecule has 15 heavy (non-hydrogen) atoms. The quantitative estimate of drug-likeness (QED) is 0.862. The molecule has 0 aliphatic heterocycles. The highest BCUT2D eigenvalue weighted by molar-refractivity contribution is 9.10. The number of halogens is 1. The van der Waals surface area contributed by atoms with Gasteiger partial charge in [0.1, 0.15) is 12.4 Å². The summed E-state index contributed by atoms with van der Waals surface area (Å²) in [4.78, 5) is 0. The summed E-state index contributed by atoms with van der Waals surface area (Å²) in [6.45, 7) is 2.81. The van der Waals surface area contributed by atoms with Crippen LogP contribution in [0.3, 0.4) is 0 Å². The predicted octanol–water partition coefficient (Wildman–Crippen LogP) is 1.93. The SMILES string of the molecule is CNCc1cc(OCC(C)O)ccc1Br. The maximum absolute atomic E-state index is 9.09. The van der Waals surface area contributed by atoms with E-state index in [0.29, 0.717) is 6.61 Å². The summed E-state index contributed by atoms with van der Waals surface area (Å²) in [5, 5.41) is 12.2. The summed E-state index contributed by atoms with van der Waals surface area (Å²) in [7, 11) is 1.90. The predicted molar refractivity (Wildman–Crippen MR) is 64.1 cm³/mol. The third-order valence-corrected chi connectivity index (χ3v) is 2.65. The van der Waals surface area contributed by atoms with Crippen molar-refractivity contribution in [3.05, 3.63) is 28.2 Å². The molecule has 0 amide bonds. The minimum absolute atomic E-state index is 0.320. The number of hydrogen-bond donors (Lipinski definition) is 2. The molecule has 0 saturated heterocycles. The first-order valence-corrected chi connectivity index (χ1v) is 5.66. The van der Waals surface area contributed by atoms with E-state index < -0.39 is 6.10 Å². The molecule has 1 rings (SSSR count). The van der Waals surface area contributed by atoms with Crippen LogP contribution >= 0.6 is 15.9 Å². The summed E-state index contributed by atoms with van der Waals surface area (Å²) in [6, 6.07) is 5.79. The molecule has 0 fully saturated rings. The third-order valence-electron chi connectivity index (χ3n) is 1.88. The van der Waals surface area contributed by atoms with Crippen LogP contribution < -0.4 is 10.1 Å². The van der Waals surface area contributed by atoms with Crippen molar-refractivity contribution in [2.24, 2.45) is 0 Å². The van der Waals surface area contributed by atoms with Crippen molar-refractivity contribution in [3.8, 4) is 5.75 Å². The van der Waals surface area contributed by atoms with Gasteiger partial charge in [0.05, 0.1) is 6.10 Å². The van der Waals surface area contributed by atoms with Crippen LogP contribution in [0.25, 0.3) is 0 Å². The average molecular weight is 274 g/mol. The molecule has 0 radical (unpaired) electrons. The smallest absolute Gasteiger partial charge is 0.119 e. The van der Waals surface area contributed by atoms with Crippen LogP contribution in [-0.4, -0.2) is 24.9 Å². The van der Waals surface area contributed by atoms with E-state index >= 15 is 0 Å². The van der Waals surface area contributed by atoms with Crippen LogP contribution in [0.1, 0.15) is 12.5 Å². The molecular weight excluding hydrogens is 258 g/mol. The van der Waals surface area contributed by atoms with E-state index in [4.69, 9.17) is 9.84 Å². The second-order valence-corrected chi connectivity index (χ2v) is 4.30. The summed E-state index contributed by atoms with van der Waals surface area (Å²) < 4.78 is 6.47. The molecule has 1 aromatic rings. The maximum Gasteiger partial charge on any atom is 0.119 e. The second-order valence-electron chi connectivity index (χ2n) is 3.44. The van der Waals surface area contributed by atoms with Crippen LogP contribution in [-0.2, 0) is 6.54 Å². The van der Waals surface area contributed by atoms with Crippen molar-refractivity contribution in [3.63, 3.8) is 0 Å². The van der Waals surface area contributed by atoms with Gasteiger partial charge in [0, 0.05) is 11.0 Å². The van der Waals surface area contributed by atoms with E-state index in [-0.39, 0.29) is 0 Å². The Morgan fingerprint density at radius 2 is 2.27 bits per heavy atom. The summed E-state index contributed by atoms with van der Waals surface area (Å²) in [6.07, 6.45) is -0.443. The molecule has 1 atom stereocenters. The van der Waals surface area contributed by atoms with Gasteiger partial charge in [-0.1, -0.05) is 15.9 Å². The van der Waals surface area contributed by atoms with Crippen molar-refractivity contribution >= 4 is 15.9 Å². The Morgan fingerprint density at radius 1 is 1.53 bits per heavy atom. The monoisotopic (exact) mass is 273 g/mol. The molecule has 0 aromatic heterocycles. The summed E-state index contributed by atoms with van der Waals surface area (Å²) in [5.41, 5.74) is 1.14. The van der Waals surface area contributed by atoms with Gasteiger partial charge in [0.2, 0.25) is 0 Å². The first-order chi connectivity index (χ1) is 7.13. The Hall–Kier alpha value is -0.580. The number of rotatable bonds is 5. The van der Waals surface area contributed by atoms with Crippen LogP contribution in [0.2, 0.25) is 0 Å². The number of benzene rings is 1. The Balaban J connectivity index is 2.69. The zero-order valence-corrected chi connectivity index (χ0v) is 10.5. The number of ether oxygens (including phenoxy) is 1. The lowest BCUT2D eigenvalue weighted by Gasteiger charge is -2.10. The second kappa shape index (κ2) is 6.10. The van der Waals surface area contributed by atoms with Gasteiger partial charge < -0.3 is 15.2 Å². The molecule has 0 heterocycles. The lowest BCUT2D eigenvalue weighted by atomic mass is 10.2. The van der Waals surface area contributed by atoms with Crippen LogP contribution in [0.4, 0.5) is 0 Å². The molecule has 4 heteroatoms. The fourth-order valence-electron chi connectivity index (χ4n) is 1.18. The lowest BCUT2D eigenvalue weighted by molar-refractivity contribution is 0.122. The van der Waals surface area contributed by atoms with Gasteiger partial charge in [0.25, 0.3) is 0 Å². The normalized spacial score (nSPS) is 12.5. The number of nitrogens with one attached hydrogen (secondary N) is 1. The number of aliphatic hydroxyl groups is 1. The summed E-state index contributed by atoms with van der Waals surface area (Å²) >= 11 is 3.47. The number of hydrogen-bond acceptors (Lipinski definition) is 3. The fourth-order valence-corrected chi connectivity index (χ4v) is 1.57. The first-order valence-electron chi connectivity index (χ1n) is 4.87. The van der Waals surface area contributed by atoms with Gasteiger partial charge in [-0.05, 0) is 37.7 Å². The standard InChI is InChI=1S/C11H16BrNO2/c1-8(14)7-15-10-3-4-11(12)9(5-10)6-13-2/h3-5,8,13-14H,6-7H2,1-2H3. The van der Waals surface area contributed by atoms with Crippen LogP contribution in [0.15, 0.2) is 22.7 Å². The Morgan fingerprint density at radius 3 is 2.87 bits per heavy atom. The molecule has 0 aliphatic rings. The summed E-state index contributed by atoms with van der Waals surface area (Å²) in [5.74, 6) is 0.782. The topological polar surface area (TPSA) is 41.5 Å². The Bertz CT molecular complexity index is 315. The highest BCUT2D eigenvalue weighted by Gasteiger charge is 2.03. The number of aliphatic hydroxyl groups excluding tert-OH is 1. The van der Waals surface area contributed by atoms with E-state index in [2.05, 4.69) is 21.2 Å². The van der Waals surface area contributed by atoms with E-state index in [0.717, 1.165) is 22.3 Å². The average Bonchev–Trinajstić information content (AvgIpc) is 2.19. The van der Waals surface area contributed by atoms with Gasteiger partial charge in [-0.2, -0.15) is 0 Å². The van der Waals surface area contributed by atoms with Gasteiger partial charge in [0.15, 0.2) is 0 Å². The molecule has 3 nitrogen and oxygen atoms in total. The molecule has 1 unspecified atom stereocenters. The fraction of sp³-hybridized carbons (Fsp3) is 0.455. The Labute approximate surface area is 98.6 Å². The van der Waals surface area contributed by atoms with Gasteiger partial charge in [-0.15, -0.1) is 0 Å². The highest BCUT2D eigenvalue weighted by Crippen LogP contribution is 2.22. The van der Waals surface area contributed by atoms with Crippen molar-refractivity contribution < 1.29 is 9.84 Å². The Kier molecular flexibility index (Phi) is 5.08. The maximum atomic E-state index is 9.09. The first kappa shape index (κ1) is 12.5. The van der Waals surface area contributed by atoms with Crippen molar-refractivity contribution in [2.45, 2.75) is 19.6 Å². The molecule has 1 aromatic carbocycles. The molecular formula is C11H16BrNO2. The van der Waals surface area contributed by atoms with Crippen LogP contribution in [0.5, 0.6) is 5.75 Å². The van der Waals surface area contributed by atoms with Crippen molar-refractivity contribution in [2.75, 3.05) is 13.7 Å².